The summed E-state index contributed by atoms with van der Waals surface area (Å²) < 4.78 is 16.2. The van der Waals surface area contributed by atoms with Crippen molar-refractivity contribution in [2.45, 2.75) is 18.8 Å². The average Bonchev–Trinajstić information content (AvgIpc) is 3.29. The second-order valence-electron chi connectivity index (χ2n) is 7.06. The van der Waals surface area contributed by atoms with Crippen LogP contribution in [0.3, 0.4) is 0 Å². The molecule has 7 nitrogen and oxygen atoms in total. The van der Waals surface area contributed by atoms with Crippen LogP contribution >= 0.6 is 0 Å². The number of nitrogens with zero attached hydrogens (tertiary/aromatic N) is 3. The quantitative estimate of drug-likeness (QED) is 0.834. The zero-order valence-corrected chi connectivity index (χ0v) is 14.9. The van der Waals surface area contributed by atoms with Gasteiger partial charge in [0.25, 0.3) is 0 Å². The summed E-state index contributed by atoms with van der Waals surface area (Å²) in [5.41, 5.74) is 0.858. The number of amides is 1. The van der Waals surface area contributed by atoms with Gasteiger partial charge in [-0.25, -0.2) is 0 Å². The summed E-state index contributed by atoms with van der Waals surface area (Å²) >= 11 is 0. The first kappa shape index (κ1) is 17.2. The largest absolute Gasteiger partial charge is 0.381 e. The predicted octanol–water partition coefficient (Wildman–Crippen LogP) is 2.11. The van der Waals surface area contributed by atoms with Gasteiger partial charge in [-0.05, 0) is 12.8 Å². The van der Waals surface area contributed by atoms with Crippen LogP contribution in [-0.2, 0) is 14.3 Å². The minimum absolute atomic E-state index is 0.00339. The third-order valence-electron chi connectivity index (χ3n) is 5.53. The zero-order valence-electron chi connectivity index (χ0n) is 14.9. The molecule has 3 heterocycles. The van der Waals surface area contributed by atoms with E-state index in [1.165, 1.54) is 0 Å². The second-order valence-corrected chi connectivity index (χ2v) is 7.06. The highest BCUT2D eigenvalue weighted by Crippen LogP contribution is 2.49. The van der Waals surface area contributed by atoms with Crippen molar-refractivity contribution in [1.29, 1.82) is 0 Å². The Morgan fingerprint density at radius 1 is 1.31 bits per heavy atom. The molecule has 1 amide bonds. The summed E-state index contributed by atoms with van der Waals surface area (Å²) in [6.45, 7) is 2.76. The third kappa shape index (κ3) is 3.12. The van der Waals surface area contributed by atoms with Crippen molar-refractivity contribution < 1.29 is 18.8 Å². The molecule has 2 fully saturated rings. The van der Waals surface area contributed by atoms with Crippen LogP contribution < -0.4 is 0 Å². The molecule has 0 aliphatic carbocycles. The lowest BCUT2D eigenvalue weighted by atomic mass is 9.72. The molecule has 1 spiro atoms. The van der Waals surface area contributed by atoms with Gasteiger partial charge in [0.05, 0.1) is 5.92 Å². The molecule has 2 aliphatic rings. The van der Waals surface area contributed by atoms with E-state index in [2.05, 4.69) is 10.1 Å². The molecular weight excluding hydrogens is 334 g/mol. The van der Waals surface area contributed by atoms with E-state index >= 15 is 0 Å². The number of ether oxygens (including phenoxy) is 2. The molecule has 7 heteroatoms. The molecule has 2 aromatic rings. The number of hydrogen-bond acceptors (Lipinski definition) is 6. The fourth-order valence-corrected chi connectivity index (χ4v) is 4.08. The molecule has 0 bridgehead atoms. The van der Waals surface area contributed by atoms with Gasteiger partial charge in [0.1, 0.15) is 6.61 Å². The van der Waals surface area contributed by atoms with Crippen LogP contribution in [0.2, 0.25) is 0 Å². The van der Waals surface area contributed by atoms with E-state index in [0.29, 0.717) is 38.0 Å². The van der Waals surface area contributed by atoms with Gasteiger partial charge in [-0.1, -0.05) is 35.5 Å². The van der Waals surface area contributed by atoms with Gasteiger partial charge < -0.3 is 18.9 Å². The van der Waals surface area contributed by atoms with E-state index in [1.54, 1.807) is 7.11 Å². The number of aromatic nitrogens is 2. The molecule has 1 aromatic heterocycles. The van der Waals surface area contributed by atoms with Gasteiger partial charge in [-0.2, -0.15) is 4.98 Å². The summed E-state index contributed by atoms with van der Waals surface area (Å²) in [5, 5.41) is 4.17. The van der Waals surface area contributed by atoms with Crippen LogP contribution in [0.5, 0.6) is 0 Å². The van der Waals surface area contributed by atoms with Crippen LogP contribution in [0.15, 0.2) is 34.9 Å². The fraction of sp³-hybridized carbons (Fsp3) is 0.526. The van der Waals surface area contributed by atoms with E-state index < -0.39 is 0 Å². The minimum atomic E-state index is -0.0673. The van der Waals surface area contributed by atoms with Crippen LogP contribution in [0.4, 0.5) is 0 Å². The molecule has 0 radical (unpaired) electrons. The molecule has 1 aromatic carbocycles. The van der Waals surface area contributed by atoms with Crippen LogP contribution in [0, 0.1) is 5.41 Å². The highest BCUT2D eigenvalue weighted by Gasteiger charge is 2.51. The van der Waals surface area contributed by atoms with Gasteiger partial charge in [0, 0.05) is 44.4 Å². The molecule has 2 saturated heterocycles. The summed E-state index contributed by atoms with van der Waals surface area (Å²) in [4.78, 5) is 18.9. The molecule has 1 atom stereocenters. The minimum Gasteiger partial charge on any atom is -0.381 e. The van der Waals surface area contributed by atoms with Gasteiger partial charge in [0.15, 0.2) is 0 Å². The number of likely N-dealkylation sites (tertiary alicyclic amines) is 1. The Bertz CT molecular complexity index is 755. The summed E-state index contributed by atoms with van der Waals surface area (Å²) in [6, 6.07) is 9.78. The Morgan fingerprint density at radius 3 is 2.81 bits per heavy atom. The van der Waals surface area contributed by atoms with E-state index in [1.807, 2.05) is 35.2 Å². The maximum Gasteiger partial charge on any atom is 0.248 e. The van der Waals surface area contributed by atoms with Crippen molar-refractivity contribution in [3.8, 4) is 11.4 Å². The molecule has 26 heavy (non-hydrogen) atoms. The molecule has 4 rings (SSSR count). The fourth-order valence-electron chi connectivity index (χ4n) is 4.08. The molecule has 138 valence electrons. The summed E-state index contributed by atoms with van der Waals surface area (Å²) in [6.07, 6.45) is 1.77. The normalized spacial score (nSPS) is 22.0. The monoisotopic (exact) mass is 357 g/mol. The third-order valence-corrected chi connectivity index (χ3v) is 5.53. The molecule has 0 saturated carbocycles. The van der Waals surface area contributed by atoms with Gasteiger partial charge in [-0.3, -0.25) is 4.79 Å². The molecule has 0 N–H and O–H groups in total. The van der Waals surface area contributed by atoms with Crippen molar-refractivity contribution in [3.63, 3.8) is 0 Å². The number of hydrogen-bond donors (Lipinski definition) is 0. The lowest BCUT2D eigenvalue weighted by Crippen LogP contribution is -2.38. The highest BCUT2D eigenvalue weighted by atomic mass is 16.5. The Balaban J connectivity index is 1.62. The summed E-state index contributed by atoms with van der Waals surface area (Å²) in [5.74, 6) is 1.23. The topological polar surface area (TPSA) is 77.7 Å². The van der Waals surface area contributed by atoms with E-state index in [0.717, 1.165) is 18.4 Å². The molecule has 2 aliphatic heterocycles. The number of rotatable bonds is 4. The number of carbonyl (C=O) groups is 1. The van der Waals surface area contributed by atoms with Crippen LogP contribution in [0.1, 0.15) is 24.7 Å². The smallest absolute Gasteiger partial charge is 0.248 e. The zero-order chi connectivity index (χ0) is 18.0. The predicted molar refractivity (Wildman–Crippen MR) is 93.4 cm³/mol. The average molecular weight is 357 g/mol. The Hall–Kier alpha value is -2.25. The number of benzene rings is 1. The standard InChI is InChI=1S/C19H23N3O4/c1-24-12-16(23)22-11-15(19(13-22)7-9-25-10-8-19)18-20-17(21-26-18)14-5-3-2-4-6-14/h2-6,15H,7-13H2,1H3. The number of carbonyl (C=O) groups excluding carboxylic acids is 1. The van der Waals surface area contributed by atoms with E-state index in [4.69, 9.17) is 14.0 Å². The first-order valence-corrected chi connectivity index (χ1v) is 8.95. The first-order chi connectivity index (χ1) is 12.7. The van der Waals surface area contributed by atoms with E-state index in [-0.39, 0.29) is 23.8 Å². The van der Waals surface area contributed by atoms with Gasteiger partial charge in [-0.15, -0.1) is 0 Å². The lowest BCUT2D eigenvalue weighted by Gasteiger charge is -2.36. The highest BCUT2D eigenvalue weighted by molar-refractivity contribution is 5.78. The Kier molecular flexibility index (Phi) is 4.74. The number of methoxy groups -OCH3 is 1. The molecule has 1 unspecified atom stereocenters. The molecular formula is C19H23N3O4. The van der Waals surface area contributed by atoms with Crippen molar-refractivity contribution in [2.75, 3.05) is 40.0 Å². The van der Waals surface area contributed by atoms with Crippen molar-refractivity contribution in [2.24, 2.45) is 5.41 Å². The Morgan fingerprint density at radius 2 is 2.08 bits per heavy atom. The van der Waals surface area contributed by atoms with Crippen LogP contribution in [-0.4, -0.2) is 61.0 Å². The van der Waals surface area contributed by atoms with Gasteiger partial charge in [0.2, 0.25) is 17.6 Å². The first-order valence-electron chi connectivity index (χ1n) is 8.95. The SMILES string of the molecule is COCC(=O)N1CC(c2nc(-c3ccccc3)no2)C2(CCOCC2)C1. The maximum absolute atomic E-state index is 12.4. The van der Waals surface area contributed by atoms with E-state index in [9.17, 15) is 4.79 Å². The van der Waals surface area contributed by atoms with Crippen molar-refractivity contribution in [1.82, 2.24) is 15.0 Å². The maximum atomic E-state index is 12.4. The van der Waals surface area contributed by atoms with Crippen molar-refractivity contribution in [3.05, 3.63) is 36.2 Å². The Labute approximate surface area is 152 Å². The summed E-state index contributed by atoms with van der Waals surface area (Å²) in [7, 11) is 1.54. The van der Waals surface area contributed by atoms with Crippen LogP contribution in [0.25, 0.3) is 11.4 Å². The van der Waals surface area contributed by atoms with Gasteiger partial charge >= 0.3 is 0 Å². The lowest BCUT2D eigenvalue weighted by molar-refractivity contribution is -0.134. The second kappa shape index (κ2) is 7.17. The van der Waals surface area contributed by atoms with Crippen molar-refractivity contribution >= 4 is 5.91 Å².